The highest BCUT2D eigenvalue weighted by Gasteiger charge is 2.62. The second-order valence-electron chi connectivity index (χ2n) is 9.76. The summed E-state index contributed by atoms with van der Waals surface area (Å²) < 4.78 is 0. The van der Waals surface area contributed by atoms with Crippen LogP contribution in [0.15, 0.2) is 0 Å². The second kappa shape index (κ2) is 4.97. The molecule has 4 aliphatic rings. The van der Waals surface area contributed by atoms with E-state index in [-0.39, 0.29) is 0 Å². The van der Waals surface area contributed by atoms with Crippen LogP contribution in [-0.2, 0) is 4.79 Å². The van der Waals surface area contributed by atoms with Crippen LogP contribution < -0.4 is 5.73 Å². The van der Waals surface area contributed by atoms with Crippen molar-refractivity contribution in [2.45, 2.75) is 77.8 Å². The average molecular weight is 319 g/mol. The van der Waals surface area contributed by atoms with Crippen LogP contribution in [0.25, 0.3) is 0 Å². The van der Waals surface area contributed by atoms with Crippen LogP contribution in [0, 0.1) is 34.5 Å². The summed E-state index contributed by atoms with van der Waals surface area (Å²) >= 11 is 0. The second-order valence-corrected chi connectivity index (χ2v) is 9.76. The van der Waals surface area contributed by atoms with Crippen LogP contribution >= 0.6 is 0 Å². The van der Waals surface area contributed by atoms with Crippen molar-refractivity contribution in [2.75, 3.05) is 7.05 Å². The molecule has 1 heterocycles. The number of amides is 1. The first-order valence-electron chi connectivity index (χ1n) is 9.80. The first-order chi connectivity index (χ1) is 10.8. The molecule has 3 heteroatoms. The third-order valence-electron chi connectivity index (χ3n) is 8.94. The highest BCUT2D eigenvalue weighted by Crippen LogP contribution is 2.65. The molecule has 3 saturated carbocycles. The molecule has 4 rings (SSSR count). The van der Waals surface area contributed by atoms with E-state index in [9.17, 15) is 4.79 Å². The van der Waals surface area contributed by atoms with Crippen LogP contribution in [0.4, 0.5) is 0 Å². The van der Waals surface area contributed by atoms with Gasteiger partial charge in [-0.1, -0.05) is 20.8 Å². The van der Waals surface area contributed by atoms with Gasteiger partial charge in [0.25, 0.3) is 0 Å². The maximum atomic E-state index is 12.2. The summed E-state index contributed by atoms with van der Waals surface area (Å²) in [4.78, 5) is 14.3. The fourth-order valence-electron chi connectivity index (χ4n) is 7.75. The Morgan fingerprint density at radius 3 is 2.61 bits per heavy atom. The van der Waals surface area contributed by atoms with E-state index in [1.807, 2.05) is 7.05 Å². The molecule has 0 spiro atoms. The lowest BCUT2D eigenvalue weighted by Crippen LogP contribution is -2.62. The highest BCUT2D eigenvalue weighted by molar-refractivity contribution is 5.77. The molecule has 130 valence electrons. The molecule has 3 nitrogen and oxygen atoms in total. The van der Waals surface area contributed by atoms with Crippen molar-refractivity contribution >= 4 is 5.91 Å². The van der Waals surface area contributed by atoms with Crippen molar-refractivity contribution < 1.29 is 4.79 Å². The molecule has 8 atom stereocenters. The first kappa shape index (κ1) is 15.9. The van der Waals surface area contributed by atoms with Gasteiger partial charge in [-0.25, -0.2) is 0 Å². The first-order valence-corrected chi connectivity index (χ1v) is 9.80. The van der Waals surface area contributed by atoms with Crippen LogP contribution in [-0.4, -0.2) is 29.9 Å². The minimum atomic E-state index is 0.333. The molecule has 1 saturated heterocycles. The zero-order valence-electron chi connectivity index (χ0n) is 15.3. The molecule has 4 fully saturated rings. The summed E-state index contributed by atoms with van der Waals surface area (Å²) in [6, 6.07) is 0.865. The Kier molecular flexibility index (Phi) is 3.44. The van der Waals surface area contributed by atoms with Crippen molar-refractivity contribution in [3.63, 3.8) is 0 Å². The number of carbonyl (C=O) groups is 1. The van der Waals surface area contributed by atoms with E-state index < -0.39 is 0 Å². The fraction of sp³-hybridized carbons (Fsp3) is 0.950. The lowest BCUT2D eigenvalue weighted by Gasteiger charge is -2.62. The van der Waals surface area contributed by atoms with E-state index in [1.165, 1.54) is 32.1 Å². The number of fused-ring (bicyclic) bond motifs is 5. The summed E-state index contributed by atoms with van der Waals surface area (Å²) in [5, 5.41) is 0. The number of nitrogens with zero attached hydrogens (tertiary/aromatic N) is 1. The Bertz CT molecular complexity index is 520. The minimum Gasteiger partial charge on any atom is -0.342 e. The number of likely N-dealkylation sites (tertiary alicyclic amines) is 1. The van der Waals surface area contributed by atoms with Crippen LogP contribution in [0.5, 0.6) is 0 Å². The lowest BCUT2D eigenvalue weighted by molar-refractivity contribution is -0.158. The molecule has 23 heavy (non-hydrogen) atoms. The largest absolute Gasteiger partial charge is 0.342 e. The van der Waals surface area contributed by atoms with E-state index in [4.69, 9.17) is 5.73 Å². The summed E-state index contributed by atoms with van der Waals surface area (Å²) in [5.74, 6) is 3.56. The normalized spacial score (nSPS) is 56.0. The predicted molar refractivity (Wildman–Crippen MR) is 92.7 cm³/mol. The molecule has 0 aromatic carbocycles. The van der Waals surface area contributed by atoms with Crippen molar-refractivity contribution in [1.29, 1.82) is 0 Å². The van der Waals surface area contributed by atoms with Crippen LogP contribution in [0.2, 0.25) is 0 Å². The molecular weight excluding hydrogens is 284 g/mol. The molecule has 1 aliphatic heterocycles. The number of carbonyl (C=O) groups excluding carboxylic acids is 1. The Morgan fingerprint density at radius 1 is 1.13 bits per heavy atom. The number of nitrogens with two attached hydrogens (primary N) is 1. The van der Waals surface area contributed by atoms with Gasteiger partial charge >= 0.3 is 0 Å². The van der Waals surface area contributed by atoms with Gasteiger partial charge in [0.2, 0.25) is 5.91 Å². The van der Waals surface area contributed by atoms with E-state index in [1.54, 1.807) is 0 Å². The Morgan fingerprint density at radius 2 is 1.87 bits per heavy atom. The smallest absolute Gasteiger partial charge is 0.222 e. The molecule has 0 radical (unpaired) electrons. The van der Waals surface area contributed by atoms with Gasteiger partial charge in [-0.3, -0.25) is 4.79 Å². The zero-order valence-corrected chi connectivity index (χ0v) is 15.3. The molecule has 3 unspecified atom stereocenters. The van der Waals surface area contributed by atoms with Gasteiger partial charge < -0.3 is 10.6 Å². The number of hydrogen-bond donors (Lipinski definition) is 1. The molecular formula is C20H34N2O. The topological polar surface area (TPSA) is 46.3 Å². The average Bonchev–Trinajstić information content (AvgIpc) is 2.73. The number of rotatable bonds is 0. The summed E-state index contributed by atoms with van der Waals surface area (Å²) in [5.41, 5.74) is 7.28. The zero-order chi connectivity index (χ0) is 16.6. The highest BCUT2D eigenvalue weighted by atomic mass is 16.2. The minimum absolute atomic E-state index is 0.333. The van der Waals surface area contributed by atoms with E-state index in [0.29, 0.717) is 28.8 Å². The number of piperidine rings is 1. The predicted octanol–water partition coefficient (Wildman–Crippen LogP) is 3.42. The van der Waals surface area contributed by atoms with Crippen molar-refractivity contribution in [1.82, 2.24) is 4.90 Å². The maximum Gasteiger partial charge on any atom is 0.222 e. The molecule has 0 aromatic rings. The molecule has 0 bridgehead atoms. The monoisotopic (exact) mass is 318 g/mol. The van der Waals surface area contributed by atoms with Crippen molar-refractivity contribution in [3.8, 4) is 0 Å². The number of hydrogen-bond acceptors (Lipinski definition) is 2. The Balaban J connectivity index is 1.68. The lowest BCUT2D eigenvalue weighted by atomic mass is 9.46. The van der Waals surface area contributed by atoms with Crippen molar-refractivity contribution in [3.05, 3.63) is 0 Å². The van der Waals surface area contributed by atoms with Crippen LogP contribution in [0.3, 0.4) is 0 Å². The van der Waals surface area contributed by atoms with Gasteiger partial charge in [-0.15, -0.1) is 0 Å². The standard InChI is InChI=1S/C20H34N2O/c1-12-11-15(21)20(3)9-7-14-13(18(12)20)5-6-16-19(14,2)10-8-17(23)22(16)4/h12-16,18H,5-11,21H2,1-4H3/t12-,13?,14?,15+,16-,18?,19-,20-/m1/s1. The van der Waals surface area contributed by atoms with Gasteiger partial charge in [-0.2, -0.15) is 0 Å². The fourth-order valence-corrected chi connectivity index (χ4v) is 7.75. The molecule has 3 aliphatic carbocycles. The van der Waals surface area contributed by atoms with Gasteiger partial charge in [0.15, 0.2) is 0 Å². The van der Waals surface area contributed by atoms with E-state index >= 15 is 0 Å². The summed E-state index contributed by atoms with van der Waals surface area (Å²) in [7, 11) is 2.05. The van der Waals surface area contributed by atoms with Crippen LogP contribution in [0.1, 0.15) is 65.7 Å². The third-order valence-corrected chi connectivity index (χ3v) is 8.94. The molecule has 1 amide bonds. The van der Waals surface area contributed by atoms with Crippen molar-refractivity contribution in [2.24, 2.45) is 40.2 Å². The van der Waals surface area contributed by atoms with E-state index in [2.05, 4.69) is 25.7 Å². The SMILES string of the molecule is C[C@@H]1C[C@H](N)[C@@]2(C)CCC3C(CC[C@H]4N(C)C(=O)CC[C@]34C)C12. The quantitative estimate of drug-likeness (QED) is 0.744. The Hall–Kier alpha value is -0.570. The maximum absolute atomic E-state index is 12.2. The van der Waals surface area contributed by atoms with Gasteiger partial charge in [0, 0.05) is 25.6 Å². The van der Waals surface area contributed by atoms with E-state index in [0.717, 1.165) is 36.5 Å². The third kappa shape index (κ3) is 1.95. The van der Waals surface area contributed by atoms with Gasteiger partial charge in [-0.05, 0) is 73.0 Å². The van der Waals surface area contributed by atoms with Gasteiger partial charge in [0.1, 0.15) is 0 Å². The Labute approximate surface area is 141 Å². The van der Waals surface area contributed by atoms with Gasteiger partial charge in [0.05, 0.1) is 0 Å². The molecule has 0 aromatic heterocycles. The summed E-state index contributed by atoms with van der Waals surface area (Å²) in [6.07, 6.45) is 8.20. The molecule has 2 N–H and O–H groups in total. The summed E-state index contributed by atoms with van der Waals surface area (Å²) in [6.45, 7) is 7.43.